The van der Waals surface area contributed by atoms with Crippen molar-refractivity contribution < 1.29 is 35.1 Å². The summed E-state index contributed by atoms with van der Waals surface area (Å²) in [5.74, 6) is -1.47. The fourth-order valence-electron chi connectivity index (χ4n) is 0.766. The summed E-state index contributed by atoms with van der Waals surface area (Å²) in [4.78, 5) is 28.6. The molecule has 78 valence electrons. The second-order valence-corrected chi connectivity index (χ2v) is 4.37. The molecule has 0 fully saturated rings. The van der Waals surface area contributed by atoms with E-state index in [9.17, 15) is 19.4 Å². The van der Waals surface area contributed by atoms with Gasteiger partial charge in [-0.25, -0.2) is 0 Å². The van der Waals surface area contributed by atoms with Crippen LogP contribution in [0.5, 0.6) is 0 Å². The van der Waals surface area contributed by atoms with E-state index >= 15 is 0 Å². The molecule has 7 nitrogen and oxygen atoms in total. The summed E-state index contributed by atoms with van der Waals surface area (Å²) in [5.41, 5.74) is 3.11. The second-order valence-electron chi connectivity index (χ2n) is 2.73. The third-order valence-corrected chi connectivity index (χ3v) is 2.21. The molecule has 5 N–H and O–H groups in total. The highest BCUT2D eigenvalue weighted by Gasteiger charge is 2.18. The molecular formula is C5H11NO6P-. The third-order valence-electron chi connectivity index (χ3n) is 1.33. The number of carboxylic acids is 1. The number of hydrogen-bond donors (Lipinski definition) is 3. The van der Waals surface area contributed by atoms with Crippen LogP contribution in [0.2, 0.25) is 0 Å². The summed E-state index contributed by atoms with van der Waals surface area (Å²) in [7, 11) is -4.55. The Balaban J connectivity index is 3.95. The zero-order valence-corrected chi connectivity index (χ0v) is 7.65. The molecular weight excluding hydrogens is 201 g/mol. The summed E-state index contributed by atoms with van der Waals surface area (Å²) >= 11 is 0. The van der Waals surface area contributed by atoms with Crippen molar-refractivity contribution in [1.82, 2.24) is 0 Å². The van der Waals surface area contributed by atoms with E-state index in [0.717, 1.165) is 0 Å². The molecule has 0 amide bonds. The Bertz CT molecular complexity index is 225. The highest BCUT2D eigenvalue weighted by molar-refractivity contribution is 7.50. The molecule has 0 saturated carbocycles. The van der Waals surface area contributed by atoms with Gasteiger partial charge in [0.25, 0.3) is 0 Å². The molecule has 0 rings (SSSR count). The first-order chi connectivity index (χ1) is 5.72. The van der Waals surface area contributed by atoms with E-state index in [4.69, 9.17) is 10.00 Å². The predicted molar refractivity (Wildman–Crippen MR) is 37.0 cm³/mol. The van der Waals surface area contributed by atoms with Crippen molar-refractivity contribution in [2.75, 3.05) is 6.16 Å². The minimum atomic E-state index is -4.55. The van der Waals surface area contributed by atoms with Gasteiger partial charge in [0.15, 0.2) is 0 Å². The molecule has 0 aromatic carbocycles. The van der Waals surface area contributed by atoms with Gasteiger partial charge < -0.3 is 35.1 Å². The van der Waals surface area contributed by atoms with Crippen molar-refractivity contribution in [2.24, 2.45) is 0 Å². The van der Waals surface area contributed by atoms with Gasteiger partial charge in [-0.1, -0.05) is 0 Å². The zero-order valence-electron chi connectivity index (χ0n) is 6.75. The first kappa shape index (κ1) is 12.5. The van der Waals surface area contributed by atoms with Crippen LogP contribution in [0.1, 0.15) is 6.42 Å². The minimum Gasteiger partial charge on any atom is -0.779 e. The fourth-order valence-corrected chi connectivity index (χ4v) is 1.45. The Hall–Kier alpha value is -0.460. The van der Waals surface area contributed by atoms with Crippen LogP contribution in [0, 0.1) is 0 Å². The number of quaternary nitrogens is 1. The van der Waals surface area contributed by atoms with Crippen molar-refractivity contribution in [1.29, 1.82) is 0 Å². The van der Waals surface area contributed by atoms with Gasteiger partial charge >= 0.3 is 0 Å². The minimum absolute atomic E-state index is 0.366. The average Bonchev–Trinajstić information content (AvgIpc) is 1.81. The van der Waals surface area contributed by atoms with E-state index in [-0.39, 0.29) is 6.42 Å². The first-order valence-corrected chi connectivity index (χ1v) is 5.23. The monoisotopic (exact) mass is 212 g/mol. The Labute approximate surface area is 74.3 Å². The second kappa shape index (κ2) is 4.69. The molecule has 0 aromatic heterocycles. The number of rotatable bonds is 5. The maximum atomic E-state index is 10.2. The molecule has 8 heteroatoms. The van der Waals surface area contributed by atoms with E-state index in [1.54, 1.807) is 0 Å². The Kier molecular flexibility index (Phi) is 4.52. The van der Waals surface area contributed by atoms with Gasteiger partial charge in [0, 0.05) is 12.6 Å². The van der Waals surface area contributed by atoms with Crippen LogP contribution in [-0.2, 0) is 9.36 Å². The van der Waals surface area contributed by atoms with Crippen LogP contribution in [-0.4, -0.2) is 34.3 Å². The molecule has 3 atom stereocenters. The quantitative estimate of drug-likeness (QED) is 0.392. The molecule has 0 aliphatic heterocycles. The zero-order chi connectivity index (χ0) is 10.6. The lowest BCUT2D eigenvalue weighted by molar-refractivity contribution is -0.440. The molecule has 0 saturated heterocycles. The lowest BCUT2D eigenvalue weighted by Crippen LogP contribution is -2.69. The Morgan fingerprint density at radius 1 is 1.62 bits per heavy atom. The molecule has 0 aliphatic carbocycles. The molecule has 0 heterocycles. The van der Waals surface area contributed by atoms with Crippen LogP contribution in [0.15, 0.2) is 0 Å². The summed E-state index contributed by atoms with van der Waals surface area (Å²) < 4.78 is 10.2. The highest BCUT2D eigenvalue weighted by Crippen LogP contribution is 2.30. The summed E-state index contributed by atoms with van der Waals surface area (Å²) in [6.45, 7) is 0. The molecule has 0 bridgehead atoms. The lowest BCUT2D eigenvalue weighted by Gasteiger charge is -2.20. The van der Waals surface area contributed by atoms with Gasteiger partial charge in [0.1, 0.15) is 13.6 Å². The maximum absolute atomic E-state index is 10.2. The van der Waals surface area contributed by atoms with Gasteiger partial charge in [0.2, 0.25) is 0 Å². The molecule has 3 unspecified atom stereocenters. The molecule has 13 heavy (non-hydrogen) atoms. The predicted octanol–water partition coefficient (Wildman–Crippen LogP) is -4.36. The number of aliphatic carboxylic acids is 1. The van der Waals surface area contributed by atoms with Crippen LogP contribution in [0.25, 0.3) is 0 Å². The Morgan fingerprint density at radius 3 is 2.38 bits per heavy atom. The van der Waals surface area contributed by atoms with Crippen LogP contribution in [0.3, 0.4) is 0 Å². The van der Waals surface area contributed by atoms with E-state index in [1.165, 1.54) is 0 Å². The number of aliphatic hydroxyl groups excluding tert-OH is 1. The fraction of sp³-hybridized carbons (Fsp3) is 0.800. The van der Waals surface area contributed by atoms with Crippen molar-refractivity contribution in [3.8, 4) is 0 Å². The van der Waals surface area contributed by atoms with Gasteiger partial charge in [0.05, 0.1) is 12.1 Å². The highest BCUT2D eigenvalue weighted by atomic mass is 31.2. The topological polar surface area (TPSA) is 148 Å². The van der Waals surface area contributed by atoms with Crippen molar-refractivity contribution in [3.63, 3.8) is 0 Å². The summed E-state index contributed by atoms with van der Waals surface area (Å²) in [6, 6.07) is -1.19. The molecule has 0 aliphatic rings. The normalized spacial score (nSPS) is 20.3. The Morgan fingerprint density at radius 2 is 2.08 bits per heavy atom. The van der Waals surface area contributed by atoms with E-state index in [0.29, 0.717) is 0 Å². The summed E-state index contributed by atoms with van der Waals surface area (Å²) in [6.07, 6.45) is -2.67. The third kappa shape index (κ3) is 6.68. The van der Waals surface area contributed by atoms with Crippen LogP contribution >= 0.6 is 7.60 Å². The SMILES string of the molecule is [NH3+]C(CC(O)CP(=O)([O-])O)C(=O)[O-]. The van der Waals surface area contributed by atoms with Crippen molar-refractivity contribution in [3.05, 3.63) is 0 Å². The van der Waals surface area contributed by atoms with Gasteiger partial charge in [-0.2, -0.15) is 0 Å². The number of carbonyl (C=O) groups excluding carboxylic acids is 1. The average molecular weight is 212 g/mol. The van der Waals surface area contributed by atoms with Crippen LogP contribution in [0.4, 0.5) is 0 Å². The number of carboxylic acid groups (broad SMARTS) is 1. The number of aliphatic hydroxyl groups is 1. The summed E-state index contributed by atoms with van der Waals surface area (Å²) in [5, 5.41) is 19.0. The smallest absolute Gasteiger partial charge is 0.134 e. The molecule has 0 spiro atoms. The number of carbonyl (C=O) groups is 1. The standard InChI is InChI=1S/C5H12NO6P/c6-4(5(8)9)1-3(7)2-13(10,11)12/h3-4,7H,1-2,6H2,(H,8,9)(H2,10,11,12)/p-1. The number of hydrogen-bond acceptors (Lipinski definition) is 5. The van der Waals surface area contributed by atoms with Crippen molar-refractivity contribution >= 4 is 13.6 Å². The maximum Gasteiger partial charge on any atom is 0.134 e. The van der Waals surface area contributed by atoms with Gasteiger partial charge in [-0.15, -0.1) is 0 Å². The largest absolute Gasteiger partial charge is 0.779 e. The molecule has 0 aromatic rings. The van der Waals surface area contributed by atoms with Crippen molar-refractivity contribution in [2.45, 2.75) is 18.6 Å². The van der Waals surface area contributed by atoms with E-state index in [1.807, 2.05) is 0 Å². The lowest BCUT2D eigenvalue weighted by atomic mass is 10.1. The van der Waals surface area contributed by atoms with E-state index in [2.05, 4.69) is 5.73 Å². The van der Waals surface area contributed by atoms with Crippen LogP contribution < -0.4 is 15.7 Å². The molecule has 0 radical (unpaired) electrons. The van der Waals surface area contributed by atoms with Gasteiger partial charge in [-0.3, -0.25) is 0 Å². The first-order valence-electron chi connectivity index (χ1n) is 3.47. The van der Waals surface area contributed by atoms with Gasteiger partial charge in [-0.05, 0) is 0 Å². The van der Waals surface area contributed by atoms with E-state index < -0.39 is 31.9 Å².